The second-order valence-electron chi connectivity index (χ2n) is 2.49. The lowest BCUT2D eigenvalue weighted by atomic mass is 10.3. The summed E-state index contributed by atoms with van der Waals surface area (Å²) in [6, 6.07) is 1.31. The van der Waals surface area contributed by atoms with Gasteiger partial charge in [0.2, 0.25) is 5.13 Å². The first kappa shape index (κ1) is 11.1. The van der Waals surface area contributed by atoms with Crippen LogP contribution in [0.3, 0.4) is 0 Å². The molecule has 0 bridgehead atoms. The summed E-state index contributed by atoms with van der Waals surface area (Å²) in [5.74, 6) is -0.500. The van der Waals surface area contributed by atoms with Gasteiger partial charge in [0, 0.05) is 11.5 Å². The maximum atomic E-state index is 11.7. The molecule has 1 N–H and O–H groups in total. The fraction of sp³-hybridized carbons (Fsp3) is 0. The highest BCUT2D eigenvalue weighted by Gasteiger charge is 2.14. The van der Waals surface area contributed by atoms with Gasteiger partial charge in [-0.3, -0.25) is 10.1 Å². The van der Waals surface area contributed by atoms with E-state index in [0.717, 1.165) is 11.5 Å². The van der Waals surface area contributed by atoms with Gasteiger partial charge in [0.05, 0.1) is 5.56 Å². The lowest BCUT2D eigenvalue weighted by Crippen LogP contribution is -2.13. The van der Waals surface area contributed by atoms with E-state index in [4.69, 9.17) is 23.2 Å². The Hall–Kier alpha value is -1.38. The van der Waals surface area contributed by atoms with Crippen LogP contribution in [0.5, 0.6) is 0 Å². The van der Waals surface area contributed by atoms with Gasteiger partial charge in [0.15, 0.2) is 10.3 Å². The molecule has 0 aliphatic heterocycles. The van der Waals surface area contributed by atoms with Crippen molar-refractivity contribution in [2.45, 2.75) is 0 Å². The Labute approximate surface area is 103 Å². The molecular weight excluding hydrogens is 275 g/mol. The summed E-state index contributed by atoms with van der Waals surface area (Å²) in [7, 11) is 0. The first-order valence-electron chi connectivity index (χ1n) is 3.82. The summed E-state index contributed by atoms with van der Waals surface area (Å²) in [6.07, 6.45) is 0. The standard InChI is InChI=1S/C6H2Cl2N6OS/c7-3-1-2(4(8)11-10-3)5(15)9-6-12-13-14-16-6/h1H,(H,9,12,14,15). The molecule has 0 aliphatic carbocycles. The molecule has 0 aliphatic rings. The number of halogens is 2. The van der Waals surface area contributed by atoms with Gasteiger partial charge in [-0.2, -0.15) is 0 Å². The number of carbonyl (C=O) groups excluding carboxylic acids is 1. The van der Waals surface area contributed by atoms with E-state index in [9.17, 15) is 4.79 Å². The number of hydrogen-bond donors (Lipinski definition) is 1. The molecule has 0 aromatic carbocycles. The fourth-order valence-electron chi connectivity index (χ4n) is 0.859. The molecule has 10 heteroatoms. The topological polar surface area (TPSA) is 93.6 Å². The minimum atomic E-state index is -0.500. The van der Waals surface area contributed by atoms with Crippen molar-refractivity contribution in [1.29, 1.82) is 0 Å². The van der Waals surface area contributed by atoms with Gasteiger partial charge in [-0.25, -0.2) is 0 Å². The SMILES string of the molecule is O=C(Nc1nnns1)c1cc(Cl)nnc1Cl. The fourth-order valence-corrected chi connectivity index (χ4v) is 1.55. The molecule has 2 rings (SSSR count). The quantitative estimate of drug-likeness (QED) is 0.888. The maximum absolute atomic E-state index is 11.7. The van der Waals surface area contributed by atoms with Crippen molar-refractivity contribution in [2.24, 2.45) is 0 Å². The Bertz CT molecular complexity index is 518. The number of rotatable bonds is 2. The van der Waals surface area contributed by atoms with E-state index < -0.39 is 5.91 Å². The molecule has 1 amide bonds. The molecule has 0 saturated carbocycles. The van der Waals surface area contributed by atoms with E-state index >= 15 is 0 Å². The summed E-state index contributed by atoms with van der Waals surface area (Å²) >= 11 is 12.2. The van der Waals surface area contributed by atoms with E-state index in [1.54, 1.807) is 0 Å². The molecule has 0 saturated heterocycles. The van der Waals surface area contributed by atoms with Gasteiger partial charge in [-0.15, -0.1) is 10.2 Å². The summed E-state index contributed by atoms with van der Waals surface area (Å²) in [4.78, 5) is 11.7. The maximum Gasteiger partial charge on any atom is 0.260 e. The zero-order valence-electron chi connectivity index (χ0n) is 7.39. The Morgan fingerprint density at radius 2 is 2.12 bits per heavy atom. The number of nitrogens with zero attached hydrogens (tertiary/aromatic N) is 5. The molecule has 82 valence electrons. The van der Waals surface area contributed by atoms with E-state index in [0.29, 0.717) is 0 Å². The third-order valence-electron chi connectivity index (χ3n) is 1.48. The minimum Gasteiger partial charge on any atom is -0.295 e. The van der Waals surface area contributed by atoms with Gasteiger partial charge in [0.1, 0.15) is 0 Å². The van der Waals surface area contributed by atoms with Crippen molar-refractivity contribution in [1.82, 2.24) is 25.0 Å². The molecule has 2 aromatic heterocycles. The van der Waals surface area contributed by atoms with Crippen molar-refractivity contribution >= 4 is 45.8 Å². The van der Waals surface area contributed by atoms with Crippen molar-refractivity contribution in [2.75, 3.05) is 5.32 Å². The highest BCUT2D eigenvalue weighted by atomic mass is 35.5. The van der Waals surface area contributed by atoms with Gasteiger partial charge < -0.3 is 0 Å². The van der Waals surface area contributed by atoms with E-state index in [-0.39, 0.29) is 21.0 Å². The molecule has 2 heterocycles. The number of anilines is 1. The lowest BCUT2D eigenvalue weighted by Gasteiger charge is -2.01. The summed E-state index contributed by atoms with van der Waals surface area (Å²) in [6.45, 7) is 0. The van der Waals surface area contributed by atoms with Gasteiger partial charge in [-0.05, 0) is 11.3 Å². The molecule has 0 unspecified atom stereocenters. The number of aromatic nitrogens is 5. The summed E-state index contributed by atoms with van der Waals surface area (Å²) < 4.78 is 3.49. The normalized spacial score (nSPS) is 10.1. The number of carbonyl (C=O) groups is 1. The molecule has 0 radical (unpaired) electrons. The Morgan fingerprint density at radius 1 is 1.31 bits per heavy atom. The van der Waals surface area contributed by atoms with Crippen LogP contribution in [0.25, 0.3) is 0 Å². The molecule has 0 atom stereocenters. The monoisotopic (exact) mass is 276 g/mol. The smallest absolute Gasteiger partial charge is 0.260 e. The minimum absolute atomic E-state index is 0.0422. The first-order chi connectivity index (χ1) is 7.66. The Balaban J connectivity index is 2.24. The average molecular weight is 277 g/mol. The zero-order chi connectivity index (χ0) is 11.5. The van der Waals surface area contributed by atoms with Gasteiger partial charge >= 0.3 is 0 Å². The summed E-state index contributed by atoms with van der Waals surface area (Å²) in [5, 5.41) is 16.6. The second kappa shape index (κ2) is 4.64. The van der Waals surface area contributed by atoms with Crippen LogP contribution in [0.1, 0.15) is 10.4 Å². The van der Waals surface area contributed by atoms with Crippen LogP contribution < -0.4 is 5.32 Å². The Kier molecular flexibility index (Phi) is 3.22. The molecule has 0 fully saturated rings. The molecule has 0 spiro atoms. The van der Waals surface area contributed by atoms with Crippen LogP contribution in [-0.2, 0) is 0 Å². The predicted octanol–water partition coefficient (Wildman–Crippen LogP) is 1.28. The zero-order valence-corrected chi connectivity index (χ0v) is 9.71. The number of amides is 1. The lowest BCUT2D eigenvalue weighted by molar-refractivity contribution is 0.102. The van der Waals surface area contributed by atoms with Gasteiger partial charge in [0.25, 0.3) is 5.91 Å². The third kappa shape index (κ3) is 2.40. The van der Waals surface area contributed by atoms with Crippen molar-refractivity contribution in [3.8, 4) is 0 Å². The average Bonchev–Trinajstić information content (AvgIpc) is 2.74. The largest absolute Gasteiger partial charge is 0.295 e. The summed E-state index contributed by atoms with van der Waals surface area (Å²) in [5.41, 5.74) is 0.108. The predicted molar refractivity (Wildman–Crippen MR) is 57.7 cm³/mol. The van der Waals surface area contributed by atoms with Crippen LogP contribution in [0.15, 0.2) is 6.07 Å². The first-order valence-corrected chi connectivity index (χ1v) is 5.35. The van der Waals surface area contributed by atoms with Crippen molar-refractivity contribution in [3.63, 3.8) is 0 Å². The number of hydrogen-bond acceptors (Lipinski definition) is 7. The molecule has 16 heavy (non-hydrogen) atoms. The highest BCUT2D eigenvalue weighted by molar-refractivity contribution is 7.09. The van der Waals surface area contributed by atoms with Crippen LogP contribution in [-0.4, -0.2) is 30.9 Å². The molecular formula is C6H2Cl2N6OS. The van der Waals surface area contributed by atoms with Crippen LogP contribution >= 0.6 is 34.7 Å². The van der Waals surface area contributed by atoms with Crippen molar-refractivity contribution in [3.05, 3.63) is 21.9 Å². The van der Waals surface area contributed by atoms with Crippen LogP contribution in [0.4, 0.5) is 5.13 Å². The number of nitrogens with one attached hydrogen (secondary N) is 1. The second-order valence-corrected chi connectivity index (χ2v) is 3.97. The molecule has 7 nitrogen and oxygen atoms in total. The van der Waals surface area contributed by atoms with Gasteiger partial charge in [-0.1, -0.05) is 32.8 Å². The van der Waals surface area contributed by atoms with E-state index in [1.807, 2.05) is 0 Å². The highest BCUT2D eigenvalue weighted by Crippen LogP contribution is 2.17. The van der Waals surface area contributed by atoms with Crippen LogP contribution in [0.2, 0.25) is 10.3 Å². The third-order valence-corrected chi connectivity index (χ3v) is 2.46. The van der Waals surface area contributed by atoms with Crippen molar-refractivity contribution < 1.29 is 4.79 Å². The van der Waals surface area contributed by atoms with E-state index in [2.05, 4.69) is 30.3 Å². The van der Waals surface area contributed by atoms with Crippen LogP contribution in [0, 0.1) is 0 Å². The Morgan fingerprint density at radius 3 is 2.81 bits per heavy atom. The van der Waals surface area contributed by atoms with E-state index in [1.165, 1.54) is 6.07 Å². The molecule has 2 aromatic rings.